The van der Waals surface area contributed by atoms with Crippen LogP contribution in [0.15, 0.2) is 6.07 Å². The van der Waals surface area contributed by atoms with Crippen LogP contribution < -0.4 is 10.5 Å². The van der Waals surface area contributed by atoms with Crippen LogP contribution in [0.1, 0.15) is 4.88 Å². The first-order valence-corrected chi connectivity index (χ1v) is 4.60. The molecule has 2 aromatic heterocycles. The fourth-order valence-electron chi connectivity index (χ4n) is 1.13. The van der Waals surface area contributed by atoms with Gasteiger partial charge in [-0.1, -0.05) is 0 Å². The summed E-state index contributed by atoms with van der Waals surface area (Å²) < 4.78 is 4.92. The van der Waals surface area contributed by atoms with E-state index in [-0.39, 0.29) is 0 Å². The molecule has 0 saturated heterocycles. The average Bonchev–Trinajstić information content (AvgIpc) is 2.46. The van der Waals surface area contributed by atoms with Crippen molar-refractivity contribution >= 4 is 27.4 Å². The molecule has 0 aliphatic carbocycles. The van der Waals surface area contributed by atoms with Gasteiger partial charge in [0, 0.05) is 4.88 Å². The Balaban J connectivity index is 2.75. The minimum Gasteiger partial charge on any atom is -0.467 e. The van der Waals surface area contributed by atoms with Gasteiger partial charge < -0.3 is 10.5 Å². The third-order valence-electron chi connectivity index (χ3n) is 1.71. The highest BCUT2D eigenvalue weighted by Gasteiger charge is 2.07. The molecule has 2 N–H and O–H groups in total. The number of anilines is 1. The lowest BCUT2D eigenvalue weighted by molar-refractivity contribution is 0.383. The van der Waals surface area contributed by atoms with E-state index in [4.69, 9.17) is 10.5 Å². The molecule has 0 spiro atoms. The topological polar surface area (TPSA) is 61.0 Å². The molecular formula is C8H9N3OS. The van der Waals surface area contributed by atoms with Crippen molar-refractivity contribution in [1.82, 2.24) is 9.97 Å². The molecule has 13 heavy (non-hydrogen) atoms. The second kappa shape index (κ2) is 2.85. The Bertz CT molecular complexity index is 452. The molecule has 0 bridgehead atoms. The van der Waals surface area contributed by atoms with Gasteiger partial charge in [0.05, 0.1) is 12.5 Å². The number of nitrogen functional groups attached to an aromatic ring is 1. The maximum Gasteiger partial charge on any atom is 0.319 e. The number of thiophene rings is 1. The summed E-state index contributed by atoms with van der Waals surface area (Å²) in [4.78, 5) is 10.2. The Kier molecular flexibility index (Phi) is 1.81. The third kappa shape index (κ3) is 1.31. The highest BCUT2D eigenvalue weighted by atomic mass is 32.1. The van der Waals surface area contributed by atoms with E-state index in [2.05, 4.69) is 9.97 Å². The van der Waals surface area contributed by atoms with Crippen LogP contribution >= 0.6 is 11.3 Å². The Hall–Kier alpha value is -1.36. The van der Waals surface area contributed by atoms with Gasteiger partial charge in [0.15, 0.2) is 0 Å². The molecule has 0 radical (unpaired) electrons. The molecular weight excluding hydrogens is 186 g/mol. The Morgan fingerprint density at radius 1 is 1.46 bits per heavy atom. The van der Waals surface area contributed by atoms with Gasteiger partial charge in [-0.25, -0.2) is 0 Å². The van der Waals surface area contributed by atoms with Gasteiger partial charge in [-0.15, -0.1) is 11.3 Å². The van der Waals surface area contributed by atoms with Crippen molar-refractivity contribution < 1.29 is 4.74 Å². The van der Waals surface area contributed by atoms with Crippen LogP contribution in [0.2, 0.25) is 0 Å². The SMILES string of the molecule is COc1nc(N)c2cc(C)sc2n1. The van der Waals surface area contributed by atoms with Crippen LogP contribution in [0.5, 0.6) is 6.01 Å². The molecule has 2 aromatic rings. The van der Waals surface area contributed by atoms with Crippen LogP contribution in [-0.2, 0) is 0 Å². The van der Waals surface area contributed by atoms with Gasteiger partial charge in [-0.05, 0) is 13.0 Å². The van der Waals surface area contributed by atoms with E-state index < -0.39 is 0 Å². The number of hydrogen-bond donors (Lipinski definition) is 1. The lowest BCUT2D eigenvalue weighted by Gasteiger charge is -1.98. The van der Waals surface area contributed by atoms with Crippen molar-refractivity contribution in [2.75, 3.05) is 12.8 Å². The normalized spacial score (nSPS) is 10.6. The Labute approximate surface area is 79.4 Å². The summed E-state index contributed by atoms with van der Waals surface area (Å²) in [6.45, 7) is 2.01. The van der Waals surface area contributed by atoms with Crippen LogP contribution in [-0.4, -0.2) is 17.1 Å². The number of ether oxygens (including phenoxy) is 1. The Morgan fingerprint density at radius 3 is 2.92 bits per heavy atom. The predicted octanol–water partition coefficient (Wildman–Crippen LogP) is 1.59. The van der Waals surface area contributed by atoms with E-state index in [9.17, 15) is 0 Å². The first-order valence-electron chi connectivity index (χ1n) is 3.78. The van der Waals surface area contributed by atoms with Crippen molar-refractivity contribution in [2.24, 2.45) is 0 Å². The number of aryl methyl sites for hydroxylation is 1. The van der Waals surface area contributed by atoms with Gasteiger partial charge in [0.25, 0.3) is 0 Å². The highest BCUT2D eigenvalue weighted by Crippen LogP contribution is 2.28. The van der Waals surface area contributed by atoms with E-state index in [0.717, 1.165) is 10.2 Å². The lowest BCUT2D eigenvalue weighted by Crippen LogP contribution is -1.96. The molecule has 0 saturated carbocycles. The number of fused-ring (bicyclic) bond motifs is 1. The van der Waals surface area contributed by atoms with Crippen LogP contribution in [0.3, 0.4) is 0 Å². The maximum absolute atomic E-state index is 5.72. The quantitative estimate of drug-likeness (QED) is 0.750. The molecule has 0 unspecified atom stereocenters. The summed E-state index contributed by atoms with van der Waals surface area (Å²) in [5, 5.41) is 0.906. The summed E-state index contributed by atoms with van der Waals surface area (Å²) >= 11 is 1.58. The zero-order valence-corrected chi connectivity index (χ0v) is 8.18. The van der Waals surface area contributed by atoms with Crippen molar-refractivity contribution in [2.45, 2.75) is 6.92 Å². The molecule has 0 atom stereocenters. The summed E-state index contributed by atoms with van der Waals surface area (Å²) in [5.41, 5.74) is 5.72. The van der Waals surface area contributed by atoms with Crippen molar-refractivity contribution in [1.29, 1.82) is 0 Å². The van der Waals surface area contributed by atoms with Gasteiger partial charge >= 0.3 is 6.01 Å². The first kappa shape index (κ1) is 8.25. The van der Waals surface area contributed by atoms with E-state index >= 15 is 0 Å². The number of rotatable bonds is 1. The van der Waals surface area contributed by atoms with Gasteiger partial charge in [0.1, 0.15) is 10.6 Å². The molecule has 4 nitrogen and oxygen atoms in total. The van der Waals surface area contributed by atoms with Crippen LogP contribution in [0.4, 0.5) is 5.82 Å². The number of nitrogens with zero attached hydrogens (tertiary/aromatic N) is 2. The van der Waals surface area contributed by atoms with Crippen molar-refractivity contribution in [3.8, 4) is 6.01 Å². The molecule has 2 heterocycles. The number of methoxy groups -OCH3 is 1. The lowest BCUT2D eigenvalue weighted by atomic mass is 10.3. The van der Waals surface area contributed by atoms with E-state index in [1.807, 2.05) is 13.0 Å². The number of hydrogen-bond acceptors (Lipinski definition) is 5. The molecule has 0 aliphatic heterocycles. The summed E-state index contributed by atoms with van der Waals surface area (Å²) in [7, 11) is 1.53. The van der Waals surface area contributed by atoms with Crippen LogP contribution in [0.25, 0.3) is 10.2 Å². The fourth-order valence-corrected chi connectivity index (χ4v) is 2.01. The minimum absolute atomic E-state index is 0.326. The molecule has 2 rings (SSSR count). The highest BCUT2D eigenvalue weighted by molar-refractivity contribution is 7.18. The molecule has 0 amide bonds. The van der Waals surface area contributed by atoms with Gasteiger partial charge in [0.2, 0.25) is 0 Å². The maximum atomic E-state index is 5.72. The third-order valence-corrected chi connectivity index (χ3v) is 2.65. The van der Waals surface area contributed by atoms with E-state index in [1.165, 1.54) is 12.0 Å². The molecule has 5 heteroatoms. The molecule has 68 valence electrons. The molecule has 0 fully saturated rings. The van der Waals surface area contributed by atoms with Gasteiger partial charge in [-0.3, -0.25) is 0 Å². The standard InChI is InChI=1S/C8H9N3OS/c1-4-3-5-6(9)10-8(12-2)11-7(5)13-4/h3H,1-2H3,(H2,9,10,11). The number of nitrogens with two attached hydrogens (primary N) is 1. The first-order chi connectivity index (χ1) is 6.20. The summed E-state index contributed by atoms with van der Waals surface area (Å²) in [5.74, 6) is 0.478. The van der Waals surface area contributed by atoms with Gasteiger partial charge in [-0.2, -0.15) is 9.97 Å². The van der Waals surface area contributed by atoms with Crippen molar-refractivity contribution in [3.05, 3.63) is 10.9 Å². The second-order valence-corrected chi connectivity index (χ2v) is 3.91. The molecule has 0 aliphatic rings. The monoisotopic (exact) mass is 195 g/mol. The number of aromatic nitrogens is 2. The second-order valence-electron chi connectivity index (χ2n) is 2.67. The minimum atomic E-state index is 0.326. The zero-order valence-electron chi connectivity index (χ0n) is 7.37. The van der Waals surface area contributed by atoms with Crippen LogP contribution in [0, 0.1) is 6.92 Å². The smallest absolute Gasteiger partial charge is 0.319 e. The summed E-state index contributed by atoms with van der Waals surface area (Å²) in [6.07, 6.45) is 0. The molecule has 0 aromatic carbocycles. The van der Waals surface area contributed by atoms with E-state index in [1.54, 1.807) is 11.3 Å². The summed E-state index contributed by atoms with van der Waals surface area (Å²) in [6, 6.07) is 2.31. The van der Waals surface area contributed by atoms with Crippen molar-refractivity contribution in [3.63, 3.8) is 0 Å². The fraction of sp³-hybridized carbons (Fsp3) is 0.250. The Morgan fingerprint density at radius 2 is 2.23 bits per heavy atom. The van der Waals surface area contributed by atoms with E-state index in [0.29, 0.717) is 11.8 Å². The largest absolute Gasteiger partial charge is 0.467 e. The average molecular weight is 195 g/mol. The predicted molar refractivity (Wildman–Crippen MR) is 53.1 cm³/mol. The zero-order chi connectivity index (χ0) is 9.42.